The van der Waals surface area contributed by atoms with E-state index in [2.05, 4.69) is 30.3 Å². The van der Waals surface area contributed by atoms with Gasteiger partial charge in [-0.1, -0.05) is 13.8 Å². The molecule has 1 heterocycles. The van der Waals surface area contributed by atoms with Crippen LogP contribution in [0.3, 0.4) is 0 Å². The third-order valence-corrected chi connectivity index (χ3v) is 3.53. The topological polar surface area (TPSA) is 53.1 Å². The third-order valence-electron chi connectivity index (χ3n) is 3.53. The molecule has 0 amide bonds. The number of benzene rings is 1. The summed E-state index contributed by atoms with van der Waals surface area (Å²) in [5, 5.41) is 0. The molecule has 0 fully saturated rings. The molecule has 0 bridgehead atoms. The minimum Gasteiger partial charge on any atom is -0.497 e. The number of anilines is 1. The molecule has 2 rings (SSSR count). The van der Waals surface area contributed by atoms with Gasteiger partial charge in [0.05, 0.1) is 18.1 Å². The smallest absolute Gasteiger partial charge is 0.201 e. The lowest BCUT2D eigenvalue weighted by Gasteiger charge is -2.17. The summed E-state index contributed by atoms with van der Waals surface area (Å²) in [5.74, 6) is 2.12. The monoisotopic (exact) mass is 261 g/mol. The minimum atomic E-state index is 0.347. The Morgan fingerprint density at radius 3 is 2.63 bits per heavy atom. The first-order valence-electron chi connectivity index (χ1n) is 6.84. The molecular formula is C15H23N3O. The SMILES string of the molecule is COc1ccc2nc(N)n(C(C)CCC(C)C)c2c1. The van der Waals surface area contributed by atoms with Gasteiger partial charge in [-0.25, -0.2) is 4.98 Å². The number of imidazole rings is 1. The van der Waals surface area contributed by atoms with Gasteiger partial charge >= 0.3 is 0 Å². The van der Waals surface area contributed by atoms with E-state index >= 15 is 0 Å². The van der Waals surface area contributed by atoms with Crippen LogP contribution in [0.1, 0.15) is 39.7 Å². The predicted octanol–water partition coefficient (Wildman–Crippen LogP) is 3.62. The molecule has 1 aromatic carbocycles. The van der Waals surface area contributed by atoms with Crippen molar-refractivity contribution in [3.63, 3.8) is 0 Å². The second-order valence-corrected chi connectivity index (χ2v) is 5.51. The highest BCUT2D eigenvalue weighted by atomic mass is 16.5. The highest BCUT2D eigenvalue weighted by Crippen LogP contribution is 2.28. The van der Waals surface area contributed by atoms with Crippen LogP contribution in [-0.4, -0.2) is 16.7 Å². The summed E-state index contributed by atoms with van der Waals surface area (Å²) in [7, 11) is 1.67. The van der Waals surface area contributed by atoms with Crippen LogP contribution in [0.2, 0.25) is 0 Å². The summed E-state index contributed by atoms with van der Waals surface area (Å²) >= 11 is 0. The van der Waals surface area contributed by atoms with Gasteiger partial charge in [0, 0.05) is 12.1 Å². The average Bonchev–Trinajstić information content (AvgIpc) is 2.70. The van der Waals surface area contributed by atoms with Gasteiger partial charge < -0.3 is 15.0 Å². The highest BCUT2D eigenvalue weighted by molar-refractivity contribution is 5.80. The van der Waals surface area contributed by atoms with Crippen LogP contribution in [0.5, 0.6) is 5.75 Å². The largest absolute Gasteiger partial charge is 0.497 e. The number of hydrogen-bond acceptors (Lipinski definition) is 3. The highest BCUT2D eigenvalue weighted by Gasteiger charge is 2.15. The van der Waals surface area contributed by atoms with E-state index in [0.717, 1.165) is 23.2 Å². The lowest BCUT2D eigenvalue weighted by atomic mass is 10.0. The number of nitrogen functional groups attached to an aromatic ring is 1. The van der Waals surface area contributed by atoms with E-state index < -0.39 is 0 Å². The van der Waals surface area contributed by atoms with Gasteiger partial charge in [0.1, 0.15) is 5.75 Å². The number of ether oxygens (including phenoxy) is 1. The first kappa shape index (κ1) is 13.7. The standard InChI is InChI=1S/C15H23N3O/c1-10(2)5-6-11(3)18-14-9-12(19-4)7-8-13(14)17-15(18)16/h7-11H,5-6H2,1-4H3,(H2,16,17). The van der Waals surface area contributed by atoms with E-state index in [1.807, 2.05) is 18.2 Å². The number of hydrogen-bond donors (Lipinski definition) is 1. The van der Waals surface area contributed by atoms with Crippen LogP contribution in [0.25, 0.3) is 11.0 Å². The molecule has 4 nitrogen and oxygen atoms in total. The fraction of sp³-hybridized carbons (Fsp3) is 0.533. The second-order valence-electron chi connectivity index (χ2n) is 5.51. The molecular weight excluding hydrogens is 238 g/mol. The Labute approximate surface area is 114 Å². The Balaban J connectivity index is 2.37. The van der Waals surface area contributed by atoms with E-state index in [-0.39, 0.29) is 0 Å². The van der Waals surface area contributed by atoms with Crippen LogP contribution in [-0.2, 0) is 0 Å². The lowest BCUT2D eigenvalue weighted by Crippen LogP contribution is -2.09. The first-order chi connectivity index (χ1) is 9.02. The molecule has 1 aromatic heterocycles. The predicted molar refractivity (Wildman–Crippen MR) is 79.5 cm³/mol. The summed E-state index contributed by atoms with van der Waals surface area (Å²) in [5.41, 5.74) is 8.04. The van der Waals surface area contributed by atoms with Gasteiger partial charge in [-0.2, -0.15) is 0 Å². The van der Waals surface area contributed by atoms with Crippen molar-refractivity contribution in [2.75, 3.05) is 12.8 Å². The van der Waals surface area contributed by atoms with Crippen LogP contribution >= 0.6 is 0 Å². The lowest BCUT2D eigenvalue weighted by molar-refractivity contribution is 0.414. The van der Waals surface area contributed by atoms with Crippen molar-refractivity contribution in [3.05, 3.63) is 18.2 Å². The van der Waals surface area contributed by atoms with Crippen molar-refractivity contribution in [3.8, 4) is 5.75 Å². The number of nitrogens with zero attached hydrogens (tertiary/aromatic N) is 2. The molecule has 0 aliphatic heterocycles. The van der Waals surface area contributed by atoms with Gasteiger partial charge in [0.15, 0.2) is 0 Å². The molecule has 104 valence electrons. The Bertz CT molecular complexity index is 560. The normalized spacial score (nSPS) is 13.1. The Hall–Kier alpha value is -1.71. The van der Waals surface area contributed by atoms with Gasteiger partial charge in [0.2, 0.25) is 5.95 Å². The summed E-state index contributed by atoms with van der Waals surface area (Å²) in [6.45, 7) is 6.68. The molecule has 0 spiro atoms. The molecule has 1 atom stereocenters. The third kappa shape index (κ3) is 2.83. The molecule has 2 N–H and O–H groups in total. The number of fused-ring (bicyclic) bond motifs is 1. The zero-order valence-electron chi connectivity index (χ0n) is 12.2. The maximum absolute atomic E-state index is 6.06. The summed E-state index contributed by atoms with van der Waals surface area (Å²) < 4.78 is 7.39. The zero-order chi connectivity index (χ0) is 14.0. The number of aromatic nitrogens is 2. The molecule has 0 aliphatic rings. The van der Waals surface area contributed by atoms with E-state index in [0.29, 0.717) is 17.9 Å². The van der Waals surface area contributed by atoms with Crippen LogP contribution in [0.4, 0.5) is 5.95 Å². The summed E-state index contributed by atoms with van der Waals surface area (Å²) in [6.07, 6.45) is 2.29. The number of methoxy groups -OCH3 is 1. The van der Waals surface area contributed by atoms with Crippen LogP contribution in [0.15, 0.2) is 18.2 Å². The zero-order valence-corrected chi connectivity index (χ0v) is 12.2. The second kappa shape index (κ2) is 5.51. The maximum Gasteiger partial charge on any atom is 0.201 e. The Kier molecular flexibility index (Phi) is 3.98. The molecule has 0 aliphatic carbocycles. The van der Waals surface area contributed by atoms with E-state index in [1.165, 1.54) is 6.42 Å². The molecule has 0 saturated heterocycles. The van der Waals surface area contributed by atoms with Gasteiger partial charge in [-0.3, -0.25) is 0 Å². The van der Waals surface area contributed by atoms with Gasteiger partial charge in [-0.15, -0.1) is 0 Å². The minimum absolute atomic E-state index is 0.347. The van der Waals surface area contributed by atoms with Gasteiger partial charge in [-0.05, 0) is 37.8 Å². The fourth-order valence-electron chi connectivity index (χ4n) is 2.39. The molecule has 0 radical (unpaired) electrons. The van der Waals surface area contributed by atoms with E-state index in [1.54, 1.807) is 7.11 Å². The molecule has 0 saturated carbocycles. The van der Waals surface area contributed by atoms with E-state index in [4.69, 9.17) is 10.5 Å². The maximum atomic E-state index is 6.06. The molecule has 19 heavy (non-hydrogen) atoms. The van der Waals surface area contributed by atoms with Crippen molar-refractivity contribution >= 4 is 17.0 Å². The van der Waals surface area contributed by atoms with E-state index in [9.17, 15) is 0 Å². The Morgan fingerprint density at radius 1 is 1.26 bits per heavy atom. The van der Waals surface area contributed by atoms with Crippen molar-refractivity contribution in [2.45, 2.75) is 39.7 Å². The quantitative estimate of drug-likeness (QED) is 0.894. The molecule has 2 aromatic rings. The van der Waals surface area contributed by atoms with Crippen LogP contribution in [0, 0.1) is 5.92 Å². The number of nitrogens with two attached hydrogens (primary N) is 1. The van der Waals surface area contributed by atoms with Crippen molar-refractivity contribution in [1.29, 1.82) is 0 Å². The van der Waals surface area contributed by atoms with Crippen LogP contribution < -0.4 is 10.5 Å². The van der Waals surface area contributed by atoms with Crippen molar-refractivity contribution < 1.29 is 4.74 Å². The average molecular weight is 261 g/mol. The summed E-state index contributed by atoms with van der Waals surface area (Å²) in [6, 6.07) is 6.22. The van der Waals surface area contributed by atoms with Crippen molar-refractivity contribution in [1.82, 2.24) is 9.55 Å². The fourth-order valence-corrected chi connectivity index (χ4v) is 2.39. The Morgan fingerprint density at radius 2 is 2.00 bits per heavy atom. The van der Waals surface area contributed by atoms with Gasteiger partial charge in [0.25, 0.3) is 0 Å². The number of rotatable bonds is 5. The summed E-state index contributed by atoms with van der Waals surface area (Å²) in [4.78, 5) is 4.42. The van der Waals surface area contributed by atoms with Crippen molar-refractivity contribution in [2.24, 2.45) is 5.92 Å². The first-order valence-corrected chi connectivity index (χ1v) is 6.84. The molecule has 4 heteroatoms. The molecule has 1 unspecified atom stereocenters.